The summed E-state index contributed by atoms with van der Waals surface area (Å²) in [5.41, 5.74) is 4.18. The van der Waals surface area contributed by atoms with Crippen molar-refractivity contribution in [1.29, 1.82) is 0 Å². The fourth-order valence-corrected chi connectivity index (χ4v) is 3.93. The Labute approximate surface area is 169 Å². The molecule has 2 aromatic carbocycles. The van der Waals surface area contributed by atoms with E-state index >= 15 is 0 Å². The average Bonchev–Trinajstić information content (AvgIpc) is 3.16. The third-order valence-electron chi connectivity index (χ3n) is 4.14. The molecule has 7 nitrogen and oxygen atoms in total. The molecule has 0 aliphatic carbocycles. The van der Waals surface area contributed by atoms with Crippen LogP contribution in [0.15, 0.2) is 35.7 Å². The van der Waals surface area contributed by atoms with Gasteiger partial charge < -0.3 is 18.4 Å². The first kappa shape index (κ1) is 20.1. The monoisotopic (exact) mass is 421 g/mol. The molecule has 1 N–H and O–H groups in total. The van der Waals surface area contributed by atoms with E-state index in [1.165, 1.54) is 18.6 Å². The Bertz CT molecular complexity index is 1020. The third-order valence-corrected chi connectivity index (χ3v) is 5.09. The molecule has 0 amide bonds. The van der Waals surface area contributed by atoms with E-state index in [1.807, 2.05) is 30.5 Å². The topological polar surface area (TPSA) is 87.1 Å². The fourth-order valence-electron chi connectivity index (χ4n) is 2.93. The lowest BCUT2D eigenvalue weighted by Gasteiger charge is -2.13. The number of hydrogen-bond acceptors (Lipinski definition) is 7. The number of aryl methyl sites for hydroxylation is 1. The standard InChI is InChI=1S/C19H19NO6S2/c1-11-7-13(9-17(24-3)19(11)25-4)18-14(10-27-20-18)12-5-6-15(23-2)16(8-12)26-28(21)22/h5-10H,1-4H3,(H,21,22). The molecule has 9 heteroatoms. The summed E-state index contributed by atoms with van der Waals surface area (Å²) < 4.78 is 45.7. The molecule has 0 fully saturated rings. The van der Waals surface area contributed by atoms with Crippen LogP contribution >= 0.6 is 11.5 Å². The lowest BCUT2D eigenvalue weighted by atomic mass is 9.99. The maximum Gasteiger partial charge on any atom is 0.357 e. The highest BCUT2D eigenvalue weighted by molar-refractivity contribution is 7.74. The van der Waals surface area contributed by atoms with Gasteiger partial charge in [-0.2, -0.15) is 8.58 Å². The average molecular weight is 421 g/mol. The highest BCUT2D eigenvalue weighted by atomic mass is 32.2. The fraction of sp³-hybridized carbons (Fsp3) is 0.211. The first-order chi connectivity index (χ1) is 13.5. The minimum absolute atomic E-state index is 0.168. The van der Waals surface area contributed by atoms with Crippen LogP contribution in [0.4, 0.5) is 0 Å². The van der Waals surface area contributed by atoms with E-state index in [0.29, 0.717) is 17.2 Å². The summed E-state index contributed by atoms with van der Waals surface area (Å²) in [7, 11) is 4.65. The number of ether oxygens (including phenoxy) is 3. The van der Waals surface area contributed by atoms with Gasteiger partial charge in [0.05, 0.1) is 27.0 Å². The highest BCUT2D eigenvalue weighted by Crippen LogP contribution is 2.41. The highest BCUT2D eigenvalue weighted by Gasteiger charge is 2.18. The Morgan fingerprint density at radius 1 is 0.964 bits per heavy atom. The number of nitrogens with zero attached hydrogens (tertiary/aromatic N) is 1. The molecule has 0 bridgehead atoms. The first-order valence-corrected chi connectivity index (χ1v) is 10.00. The molecule has 0 spiro atoms. The number of aromatic nitrogens is 1. The van der Waals surface area contributed by atoms with E-state index in [4.69, 9.17) is 22.9 Å². The minimum Gasteiger partial charge on any atom is -0.493 e. The Balaban J connectivity index is 2.10. The number of hydrogen-bond donors (Lipinski definition) is 1. The largest absolute Gasteiger partial charge is 0.493 e. The Hall–Kier alpha value is -2.62. The van der Waals surface area contributed by atoms with Crippen molar-refractivity contribution < 1.29 is 27.2 Å². The van der Waals surface area contributed by atoms with Crippen LogP contribution < -0.4 is 18.4 Å². The van der Waals surface area contributed by atoms with E-state index in [2.05, 4.69) is 4.37 Å². The third kappa shape index (κ3) is 3.96. The lowest BCUT2D eigenvalue weighted by molar-refractivity contribution is 0.353. The van der Waals surface area contributed by atoms with Gasteiger partial charge in [0.25, 0.3) is 0 Å². The van der Waals surface area contributed by atoms with Gasteiger partial charge in [0.2, 0.25) is 0 Å². The zero-order valence-corrected chi connectivity index (χ0v) is 17.3. The molecule has 0 radical (unpaired) electrons. The molecular weight excluding hydrogens is 402 g/mol. The zero-order chi connectivity index (χ0) is 20.3. The summed E-state index contributed by atoms with van der Waals surface area (Å²) in [4.78, 5) is 0. The first-order valence-electron chi connectivity index (χ1n) is 8.13. The number of methoxy groups -OCH3 is 3. The maximum absolute atomic E-state index is 11.1. The van der Waals surface area contributed by atoms with Crippen LogP contribution in [0.25, 0.3) is 22.4 Å². The van der Waals surface area contributed by atoms with Crippen molar-refractivity contribution in [2.24, 2.45) is 0 Å². The van der Waals surface area contributed by atoms with Crippen LogP contribution in [0, 0.1) is 6.92 Å². The van der Waals surface area contributed by atoms with Crippen LogP contribution in [-0.4, -0.2) is 34.5 Å². The second-order valence-electron chi connectivity index (χ2n) is 5.77. The van der Waals surface area contributed by atoms with Crippen molar-refractivity contribution in [2.75, 3.05) is 21.3 Å². The summed E-state index contributed by atoms with van der Waals surface area (Å²) in [5.74, 6) is 1.82. The van der Waals surface area contributed by atoms with Crippen molar-refractivity contribution in [3.63, 3.8) is 0 Å². The molecule has 3 aromatic rings. The van der Waals surface area contributed by atoms with Gasteiger partial charge in [-0.1, -0.05) is 6.07 Å². The quantitative estimate of drug-likeness (QED) is 0.568. The van der Waals surface area contributed by atoms with Gasteiger partial charge in [-0.3, -0.25) is 4.55 Å². The van der Waals surface area contributed by atoms with Crippen molar-refractivity contribution in [2.45, 2.75) is 6.92 Å². The molecule has 1 unspecified atom stereocenters. The molecule has 0 aliphatic rings. The summed E-state index contributed by atoms with van der Waals surface area (Å²) >= 11 is -1.15. The Morgan fingerprint density at radius 3 is 2.32 bits per heavy atom. The molecule has 1 aromatic heterocycles. The van der Waals surface area contributed by atoms with Crippen LogP contribution in [0.1, 0.15) is 5.56 Å². The Morgan fingerprint density at radius 2 is 1.68 bits per heavy atom. The molecule has 28 heavy (non-hydrogen) atoms. The predicted molar refractivity (Wildman–Crippen MR) is 109 cm³/mol. The minimum atomic E-state index is -2.46. The SMILES string of the molecule is COc1ccc(-c2csnc2-c2cc(C)c(OC)c(OC)c2)cc1OS(=O)O. The lowest BCUT2D eigenvalue weighted by Crippen LogP contribution is -2.00. The smallest absolute Gasteiger partial charge is 0.357 e. The zero-order valence-electron chi connectivity index (χ0n) is 15.7. The van der Waals surface area contributed by atoms with Crippen LogP contribution in [0.3, 0.4) is 0 Å². The van der Waals surface area contributed by atoms with Crippen molar-refractivity contribution in [3.8, 4) is 45.4 Å². The number of rotatable bonds is 7. The number of benzene rings is 2. The van der Waals surface area contributed by atoms with Crippen LogP contribution in [-0.2, 0) is 11.4 Å². The van der Waals surface area contributed by atoms with Crippen molar-refractivity contribution >= 4 is 22.9 Å². The second kappa shape index (κ2) is 8.59. The van der Waals surface area contributed by atoms with Crippen LogP contribution in [0.5, 0.6) is 23.0 Å². The Kier molecular flexibility index (Phi) is 6.18. The van der Waals surface area contributed by atoms with E-state index < -0.39 is 11.4 Å². The normalized spacial score (nSPS) is 11.8. The second-order valence-corrected chi connectivity index (χ2v) is 7.00. The molecule has 0 saturated heterocycles. The van der Waals surface area contributed by atoms with Crippen molar-refractivity contribution in [1.82, 2.24) is 4.37 Å². The predicted octanol–water partition coefficient (Wildman–Crippen LogP) is 4.33. The molecule has 3 rings (SSSR count). The van der Waals surface area contributed by atoms with Gasteiger partial charge in [-0.15, -0.1) is 0 Å². The van der Waals surface area contributed by atoms with Gasteiger partial charge in [0.15, 0.2) is 23.0 Å². The van der Waals surface area contributed by atoms with E-state index in [0.717, 1.165) is 27.9 Å². The summed E-state index contributed by atoms with van der Waals surface area (Å²) in [6, 6.07) is 9.01. The van der Waals surface area contributed by atoms with Gasteiger partial charge in [0, 0.05) is 16.5 Å². The summed E-state index contributed by atoms with van der Waals surface area (Å²) in [5, 5.41) is 1.91. The van der Waals surface area contributed by atoms with Gasteiger partial charge in [0.1, 0.15) is 0 Å². The molecule has 1 atom stereocenters. The van der Waals surface area contributed by atoms with E-state index in [9.17, 15) is 4.21 Å². The van der Waals surface area contributed by atoms with Gasteiger partial charge >= 0.3 is 11.4 Å². The van der Waals surface area contributed by atoms with Gasteiger partial charge in [-0.25, -0.2) is 0 Å². The summed E-state index contributed by atoms with van der Waals surface area (Å²) in [6.07, 6.45) is 0. The van der Waals surface area contributed by atoms with E-state index in [-0.39, 0.29) is 5.75 Å². The van der Waals surface area contributed by atoms with Gasteiger partial charge in [-0.05, 0) is 53.8 Å². The molecule has 0 saturated carbocycles. The maximum atomic E-state index is 11.1. The summed E-state index contributed by atoms with van der Waals surface area (Å²) in [6.45, 7) is 1.94. The molecular formula is C19H19NO6S2. The molecule has 0 aliphatic heterocycles. The van der Waals surface area contributed by atoms with Crippen molar-refractivity contribution in [3.05, 3.63) is 41.3 Å². The van der Waals surface area contributed by atoms with Crippen LogP contribution in [0.2, 0.25) is 0 Å². The molecule has 148 valence electrons. The molecule has 1 heterocycles. The van der Waals surface area contributed by atoms with E-state index in [1.54, 1.807) is 26.4 Å².